The number of ether oxygens (including phenoxy) is 1. The molecule has 0 bridgehead atoms. The van der Waals surface area contributed by atoms with Crippen LogP contribution in [0.5, 0.6) is 5.75 Å². The molecule has 0 aliphatic heterocycles. The topological polar surface area (TPSA) is 60.3 Å². The smallest absolute Gasteiger partial charge is 0.294 e. The van der Waals surface area contributed by atoms with Gasteiger partial charge in [0.15, 0.2) is 0 Å². The van der Waals surface area contributed by atoms with E-state index in [0.29, 0.717) is 6.54 Å². The van der Waals surface area contributed by atoms with Gasteiger partial charge >= 0.3 is 0 Å². The highest BCUT2D eigenvalue weighted by Gasteiger charge is 2.19. The Labute approximate surface area is 156 Å². The lowest BCUT2D eigenvalue weighted by Gasteiger charge is -2.09. The number of aromatic nitrogens is 1. The fraction of sp³-hybridized carbons (Fsp3) is 0.143. The second-order valence-corrected chi connectivity index (χ2v) is 6.01. The zero-order chi connectivity index (χ0) is 19.2. The van der Waals surface area contributed by atoms with Gasteiger partial charge in [0, 0.05) is 19.3 Å². The highest BCUT2D eigenvalue weighted by Crippen LogP contribution is 2.12. The van der Waals surface area contributed by atoms with Gasteiger partial charge < -0.3 is 14.6 Å². The minimum Gasteiger partial charge on any atom is -0.497 e. The average Bonchev–Trinajstić information content (AvgIpc) is 3.15. The number of nitrogens with one attached hydrogen (secondary N) is 1. The minimum absolute atomic E-state index is 0.243. The minimum atomic E-state index is -0.676. The molecular formula is C21H19FN2O3. The number of carbonyl (C=O) groups is 2. The molecule has 138 valence electrons. The Balaban J connectivity index is 1.63. The van der Waals surface area contributed by atoms with Crippen LogP contribution in [-0.4, -0.2) is 23.4 Å². The molecule has 2 aromatic carbocycles. The average molecular weight is 366 g/mol. The molecule has 0 atom stereocenters. The van der Waals surface area contributed by atoms with Gasteiger partial charge in [-0.3, -0.25) is 9.59 Å². The van der Waals surface area contributed by atoms with Gasteiger partial charge in [0.25, 0.3) is 11.7 Å². The third-order valence-corrected chi connectivity index (χ3v) is 4.15. The second-order valence-electron chi connectivity index (χ2n) is 6.01. The van der Waals surface area contributed by atoms with Crippen LogP contribution in [0.15, 0.2) is 66.9 Å². The number of Topliss-reactive ketones (excluding diaryl/α,β-unsaturated/α-hetero) is 1. The maximum absolute atomic E-state index is 13.0. The first-order valence-corrected chi connectivity index (χ1v) is 8.42. The van der Waals surface area contributed by atoms with E-state index in [-0.39, 0.29) is 18.1 Å². The van der Waals surface area contributed by atoms with Gasteiger partial charge in [-0.05, 0) is 47.5 Å². The van der Waals surface area contributed by atoms with E-state index in [1.54, 1.807) is 54.3 Å². The van der Waals surface area contributed by atoms with Crippen molar-refractivity contribution in [3.8, 4) is 5.75 Å². The highest BCUT2D eigenvalue weighted by molar-refractivity contribution is 6.42. The Morgan fingerprint density at radius 1 is 1.00 bits per heavy atom. The van der Waals surface area contributed by atoms with E-state index in [4.69, 9.17) is 4.74 Å². The number of hydrogen-bond acceptors (Lipinski definition) is 3. The first-order valence-electron chi connectivity index (χ1n) is 8.42. The Hall–Kier alpha value is -3.41. The van der Waals surface area contributed by atoms with Crippen LogP contribution in [-0.2, 0) is 17.9 Å². The summed E-state index contributed by atoms with van der Waals surface area (Å²) in [5, 5.41) is 2.63. The molecule has 5 nitrogen and oxygen atoms in total. The van der Waals surface area contributed by atoms with Crippen LogP contribution in [0.1, 0.15) is 21.6 Å². The number of nitrogens with zero attached hydrogens (tertiary/aromatic N) is 1. The molecule has 0 saturated heterocycles. The molecule has 3 aromatic rings. The van der Waals surface area contributed by atoms with Gasteiger partial charge in [0.1, 0.15) is 11.6 Å². The second kappa shape index (κ2) is 8.31. The summed E-state index contributed by atoms with van der Waals surface area (Å²) in [7, 11) is 1.58. The summed E-state index contributed by atoms with van der Waals surface area (Å²) in [4.78, 5) is 24.7. The molecule has 3 rings (SSSR count). The van der Waals surface area contributed by atoms with E-state index in [0.717, 1.165) is 16.9 Å². The summed E-state index contributed by atoms with van der Waals surface area (Å²) >= 11 is 0. The van der Waals surface area contributed by atoms with E-state index in [2.05, 4.69) is 5.32 Å². The molecule has 6 heteroatoms. The van der Waals surface area contributed by atoms with Crippen molar-refractivity contribution in [1.82, 2.24) is 9.88 Å². The summed E-state index contributed by atoms with van der Waals surface area (Å²) in [6, 6.07) is 16.5. The molecule has 27 heavy (non-hydrogen) atoms. The number of rotatable bonds is 7. The summed E-state index contributed by atoms with van der Waals surface area (Å²) in [6.07, 6.45) is 1.72. The zero-order valence-electron chi connectivity index (χ0n) is 14.8. The van der Waals surface area contributed by atoms with Crippen molar-refractivity contribution >= 4 is 11.7 Å². The summed E-state index contributed by atoms with van der Waals surface area (Å²) in [5.41, 5.74) is 1.98. The molecule has 1 aromatic heterocycles. The van der Waals surface area contributed by atoms with E-state index in [9.17, 15) is 14.0 Å². The van der Waals surface area contributed by atoms with Gasteiger partial charge in [0.2, 0.25) is 0 Å². The van der Waals surface area contributed by atoms with Gasteiger partial charge in [0.05, 0.1) is 12.8 Å². The van der Waals surface area contributed by atoms with Crippen LogP contribution < -0.4 is 10.1 Å². The van der Waals surface area contributed by atoms with Crippen molar-refractivity contribution in [2.45, 2.75) is 13.1 Å². The zero-order valence-corrected chi connectivity index (χ0v) is 14.8. The van der Waals surface area contributed by atoms with Gasteiger partial charge in [-0.1, -0.05) is 24.3 Å². The fourth-order valence-electron chi connectivity index (χ4n) is 2.67. The SMILES string of the molecule is COc1ccc(CNC(=O)C(=O)c2cccn2Cc2ccc(F)cc2)cc1. The molecule has 0 fully saturated rings. The maximum Gasteiger partial charge on any atom is 0.294 e. The van der Waals surface area contributed by atoms with Crippen LogP contribution in [0.3, 0.4) is 0 Å². The number of hydrogen-bond donors (Lipinski definition) is 1. The number of amides is 1. The quantitative estimate of drug-likeness (QED) is 0.516. The molecule has 1 amide bonds. The normalized spacial score (nSPS) is 10.4. The van der Waals surface area contributed by atoms with Crippen LogP contribution in [0.4, 0.5) is 4.39 Å². The van der Waals surface area contributed by atoms with Crippen molar-refractivity contribution in [3.05, 3.63) is 89.5 Å². The molecule has 0 aliphatic carbocycles. The highest BCUT2D eigenvalue weighted by atomic mass is 19.1. The first-order chi connectivity index (χ1) is 13.1. The number of methoxy groups -OCH3 is 1. The van der Waals surface area contributed by atoms with Gasteiger partial charge in [-0.15, -0.1) is 0 Å². The van der Waals surface area contributed by atoms with Crippen molar-refractivity contribution in [2.75, 3.05) is 7.11 Å². The van der Waals surface area contributed by atoms with Crippen molar-refractivity contribution < 1.29 is 18.7 Å². The first kappa shape index (κ1) is 18.4. The Kier molecular flexibility index (Phi) is 5.66. The lowest BCUT2D eigenvalue weighted by atomic mass is 10.2. The number of ketones is 1. The predicted molar refractivity (Wildman–Crippen MR) is 99.1 cm³/mol. The van der Waals surface area contributed by atoms with E-state index in [1.165, 1.54) is 12.1 Å². The van der Waals surface area contributed by atoms with Crippen molar-refractivity contribution in [3.63, 3.8) is 0 Å². The molecular weight excluding hydrogens is 347 g/mol. The molecule has 0 aliphatic rings. The molecule has 0 unspecified atom stereocenters. The van der Waals surface area contributed by atoms with Crippen molar-refractivity contribution in [1.29, 1.82) is 0 Å². The summed E-state index contributed by atoms with van der Waals surface area (Å²) in [5.74, 6) is -0.888. The van der Waals surface area contributed by atoms with Crippen molar-refractivity contribution in [2.24, 2.45) is 0 Å². The molecule has 1 heterocycles. The molecule has 0 saturated carbocycles. The van der Waals surface area contributed by atoms with E-state index in [1.807, 2.05) is 12.1 Å². The lowest BCUT2D eigenvalue weighted by molar-refractivity contribution is -0.117. The standard InChI is InChI=1S/C21H19FN2O3/c1-27-18-10-6-15(7-11-18)13-23-21(26)20(25)19-3-2-12-24(19)14-16-4-8-17(22)9-5-16/h2-12H,13-14H2,1H3,(H,23,26). The maximum atomic E-state index is 13.0. The van der Waals surface area contributed by atoms with Crippen LogP contribution >= 0.6 is 0 Å². The van der Waals surface area contributed by atoms with Gasteiger partial charge in [-0.2, -0.15) is 0 Å². The van der Waals surface area contributed by atoms with E-state index >= 15 is 0 Å². The monoisotopic (exact) mass is 366 g/mol. The Morgan fingerprint density at radius 2 is 1.67 bits per heavy atom. The molecule has 0 radical (unpaired) electrons. The Bertz CT molecular complexity index is 931. The molecule has 1 N–H and O–H groups in total. The third kappa shape index (κ3) is 4.61. The van der Waals surface area contributed by atoms with Crippen LogP contribution in [0, 0.1) is 5.82 Å². The number of benzene rings is 2. The number of halogens is 1. The lowest BCUT2D eigenvalue weighted by Crippen LogP contribution is -2.32. The predicted octanol–water partition coefficient (Wildman–Crippen LogP) is 3.18. The summed E-state index contributed by atoms with van der Waals surface area (Å²) < 4.78 is 19.8. The van der Waals surface area contributed by atoms with Crippen LogP contribution in [0.25, 0.3) is 0 Å². The molecule has 0 spiro atoms. The Morgan fingerprint density at radius 3 is 2.33 bits per heavy atom. The van der Waals surface area contributed by atoms with Gasteiger partial charge in [-0.25, -0.2) is 4.39 Å². The van der Waals surface area contributed by atoms with Crippen LogP contribution in [0.2, 0.25) is 0 Å². The third-order valence-electron chi connectivity index (χ3n) is 4.15. The largest absolute Gasteiger partial charge is 0.497 e. The fourth-order valence-corrected chi connectivity index (χ4v) is 2.67. The van der Waals surface area contributed by atoms with E-state index < -0.39 is 11.7 Å². The number of carbonyl (C=O) groups excluding carboxylic acids is 2. The summed E-state index contributed by atoms with van der Waals surface area (Å²) in [6.45, 7) is 0.618.